The molecule has 0 amide bonds. The lowest BCUT2D eigenvalue weighted by atomic mass is 9.93. The van der Waals surface area contributed by atoms with Crippen LogP contribution in [0.1, 0.15) is 50.9 Å². The van der Waals surface area contributed by atoms with Gasteiger partial charge in [-0.1, -0.05) is 19.1 Å². The zero-order valence-electron chi connectivity index (χ0n) is 16.4. The molecule has 0 saturated heterocycles. The van der Waals surface area contributed by atoms with Crippen molar-refractivity contribution in [2.24, 2.45) is 0 Å². The lowest BCUT2D eigenvalue weighted by molar-refractivity contribution is 0.320. The van der Waals surface area contributed by atoms with Gasteiger partial charge < -0.3 is 10.1 Å². The molecule has 0 saturated carbocycles. The third-order valence-electron chi connectivity index (χ3n) is 5.23. The summed E-state index contributed by atoms with van der Waals surface area (Å²) in [4.78, 5) is 4.57. The Morgan fingerprint density at radius 1 is 1.30 bits per heavy atom. The first-order chi connectivity index (χ1) is 13.2. The van der Waals surface area contributed by atoms with Gasteiger partial charge in [0, 0.05) is 41.5 Å². The molecule has 5 heteroatoms. The van der Waals surface area contributed by atoms with Crippen molar-refractivity contribution in [3.63, 3.8) is 0 Å². The van der Waals surface area contributed by atoms with E-state index in [0.717, 1.165) is 48.0 Å². The van der Waals surface area contributed by atoms with Gasteiger partial charge in [0.2, 0.25) is 0 Å². The van der Waals surface area contributed by atoms with Crippen LogP contribution in [-0.4, -0.2) is 27.4 Å². The van der Waals surface area contributed by atoms with Crippen molar-refractivity contribution >= 4 is 16.6 Å². The molecule has 1 aliphatic rings. The summed E-state index contributed by atoms with van der Waals surface area (Å²) in [5.74, 6) is 0.863. The molecule has 1 N–H and O–H groups in total. The van der Waals surface area contributed by atoms with Gasteiger partial charge in [0.1, 0.15) is 11.3 Å². The Morgan fingerprint density at radius 3 is 3.00 bits per heavy atom. The molecule has 1 aliphatic carbocycles. The molecule has 1 atom stereocenters. The monoisotopic (exact) mass is 364 g/mol. The van der Waals surface area contributed by atoms with Crippen LogP contribution in [0.5, 0.6) is 5.75 Å². The average Bonchev–Trinajstić information content (AvgIpc) is 3.10. The highest BCUT2D eigenvalue weighted by Crippen LogP contribution is 2.31. The number of nitrogens with one attached hydrogen (secondary N) is 1. The van der Waals surface area contributed by atoms with Crippen LogP contribution < -0.4 is 10.1 Å². The van der Waals surface area contributed by atoms with E-state index in [1.807, 2.05) is 24.5 Å². The standard InChI is InChI=1S/C22H28N4O/c1-4-12-27-21-7-5-6-18-19(10-11-23-22(18)21)25-17-9-8-16-14-24-26(15(2)3)20(16)13-17/h5-7,10-11,14-15,17H,4,8-9,12-13H2,1-3H3,(H,23,25). The van der Waals surface area contributed by atoms with E-state index < -0.39 is 0 Å². The van der Waals surface area contributed by atoms with Gasteiger partial charge in [0.05, 0.1) is 12.8 Å². The van der Waals surface area contributed by atoms with Crippen molar-refractivity contribution in [3.8, 4) is 5.75 Å². The highest BCUT2D eigenvalue weighted by atomic mass is 16.5. The summed E-state index contributed by atoms with van der Waals surface area (Å²) in [6, 6.07) is 9.04. The van der Waals surface area contributed by atoms with E-state index in [0.29, 0.717) is 18.7 Å². The number of benzene rings is 1. The summed E-state index contributed by atoms with van der Waals surface area (Å²) in [5, 5.41) is 9.48. The van der Waals surface area contributed by atoms with Crippen LogP contribution in [0.15, 0.2) is 36.7 Å². The molecule has 0 radical (unpaired) electrons. The van der Waals surface area contributed by atoms with Gasteiger partial charge in [-0.2, -0.15) is 5.10 Å². The fraction of sp³-hybridized carbons (Fsp3) is 0.455. The maximum Gasteiger partial charge on any atom is 0.145 e. The van der Waals surface area contributed by atoms with Crippen molar-refractivity contribution in [2.45, 2.75) is 58.5 Å². The van der Waals surface area contributed by atoms with Crippen LogP contribution in [0.25, 0.3) is 10.9 Å². The number of aromatic nitrogens is 3. The summed E-state index contributed by atoms with van der Waals surface area (Å²) in [7, 11) is 0. The maximum atomic E-state index is 5.89. The van der Waals surface area contributed by atoms with Crippen LogP contribution in [0.4, 0.5) is 5.69 Å². The van der Waals surface area contributed by atoms with Crippen LogP contribution >= 0.6 is 0 Å². The zero-order valence-corrected chi connectivity index (χ0v) is 16.4. The van der Waals surface area contributed by atoms with Gasteiger partial charge in [0.25, 0.3) is 0 Å². The molecule has 0 spiro atoms. The van der Waals surface area contributed by atoms with E-state index in [-0.39, 0.29) is 0 Å². The quantitative estimate of drug-likeness (QED) is 0.684. The van der Waals surface area contributed by atoms with Crippen molar-refractivity contribution in [1.29, 1.82) is 0 Å². The number of pyridine rings is 1. The highest BCUT2D eigenvalue weighted by Gasteiger charge is 2.24. The number of para-hydroxylation sites is 1. The predicted octanol–water partition coefficient (Wildman–Crippen LogP) is 4.77. The molecule has 1 unspecified atom stereocenters. The van der Waals surface area contributed by atoms with Crippen molar-refractivity contribution in [2.75, 3.05) is 11.9 Å². The van der Waals surface area contributed by atoms with Crippen molar-refractivity contribution in [1.82, 2.24) is 14.8 Å². The first kappa shape index (κ1) is 17.8. The zero-order chi connectivity index (χ0) is 18.8. The molecule has 2 heterocycles. The van der Waals surface area contributed by atoms with E-state index >= 15 is 0 Å². The fourth-order valence-corrected chi connectivity index (χ4v) is 3.91. The second kappa shape index (κ2) is 7.59. The number of fused-ring (bicyclic) bond motifs is 2. The summed E-state index contributed by atoms with van der Waals surface area (Å²) in [6.45, 7) is 7.21. The molecule has 3 aromatic rings. The molecule has 27 heavy (non-hydrogen) atoms. The minimum atomic E-state index is 0.396. The second-order valence-electron chi connectivity index (χ2n) is 7.60. The molecule has 0 aliphatic heterocycles. The van der Waals surface area contributed by atoms with Crippen LogP contribution in [-0.2, 0) is 12.8 Å². The molecular weight excluding hydrogens is 336 g/mol. The van der Waals surface area contributed by atoms with Crippen LogP contribution in [0.3, 0.4) is 0 Å². The minimum absolute atomic E-state index is 0.396. The fourth-order valence-electron chi connectivity index (χ4n) is 3.91. The van der Waals surface area contributed by atoms with E-state index in [2.05, 4.69) is 53.0 Å². The van der Waals surface area contributed by atoms with Gasteiger partial charge in [-0.15, -0.1) is 0 Å². The van der Waals surface area contributed by atoms with Gasteiger partial charge in [-0.05, 0) is 50.8 Å². The first-order valence-electron chi connectivity index (χ1n) is 9.99. The Bertz CT molecular complexity index is 931. The van der Waals surface area contributed by atoms with Crippen LogP contribution in [0, 0.1) is 0 Å². The summed E-state index contributed by atoms with van der Waals surface area (Å²) in [6.07, 6.45) is 8.10. The smallest absolute Gasteiger partial charge is 0.145 e. The maximum absolute atomic E-state index is 5.89. The number of ether oxygens (including phenoxy) is 1. The number of anilines is 1. The first-order valence-corrected chi connectivity index (χ1v) is 9.99. The molecule has 2 aromatic heterocycles. The molecule has 4 rings (SSSR count). The summed E-state index contributed by atoms with van der Waals surface area (Å²) < 4.78 is 8.06. The Balaban J connectivity index is 1.60. The number of nitrogens with zero attached hydrogens (tertiary/aromatic N) is 3. The molecule has 142 valence electrons. The lowest BCUT2D eigenvalue weighted by Gasteiger charge is -2.26. The SMILES string of the molecule is CCCOc1cccc2c(NC3CCc4cnn(C(C)C)c4C3)ccnc12. The van der Waals surface area contributed by atoms with E-state index in [1.54, 1.807) is 0 Å². The number of rotatable bonds is 6. The van der Waals surface area contributed by atoms with Crippen LogP contribution in [0.2, 0.25) is 0 Å². The minimum Gasteiger partial charge on any atom is -0.491 e. The van der Waals surface area contributed by atoms with Gasteiger partial charge in [-0.25, -0.2) is 0 Å². The van der Waals surface area contributed by atoms with E-state index in [9.17, 15) is 0 Å². The van der Waals surface area contributed by atoms with Crippen molar-refractivity contribution in [3.05, 3.63) is 47.9 Å². The number of hydrogen-bond acceptors (Lipinski definition) is 4. The average molecular weight is 364 g/mol. The Hall–Kier alpha value is -2.56. The summed E-state index contributed by atoms with van der Waals surface area (Å²) in [5.41, 5.74) is 4.83. The van der Waals surface area contributed by atoms with Gasteiger partial charge in [-0.3, -0.25) is 9.67 Å². The lowest BCUT2D eigenvalue weighted by Crippen LogP contribution is -2.29. The van der Waals surface area contributed by atoms with E-state index in [1.165, 1.54) is 11.3 Å². The van der Waals surface area contributed by atoms with E-state index in [4.69, 9.17) is 4.74 Å². The Morgan fingerprint density at radius 2 is 2.19 bits per heavy atom. The Labute approximate surface area is 160 Å². The predicted molar refractivity (Wildman–Crippen MR) is 110 cm³/mol. The largest absolute Gasteiger partial charge is 0.491 e. The third-order valence-corrected chi connectivity index (χ3v) is 5.23. The molecule has 5 nitrogen and oxygen atoms in total. The topological polar surface area (TPSA) is 52.0 Å². The van der Waals surface area contributed by atoms with Gasteiger partial charge in [0.15, 0.2) is 0 Å². The Kier molecular flexibility index (Phi) is 5.01. The third kappa shape index (κ3) is 3.51. The molecular formula is C22H28N4O. The summed E-state index contributed by atoms with van der Waals surface area (Å²) >= 11 is 0. The normalized spacial score (nSPS) is 16.5. The highest BCUT2D eigenvalue weighted by molar-refractivity contribution is 5.94. The number of aryl methyl sites for hydroxylation is 1. The van der Waals surface area contributed by atoms with Crippen molar-refractivity contribution < 1.29 is 4.74 Å². The second-order valence-corrected chi connectivity index (χ2v) is 7.60. The molecule has 1 aromatic carbocycles. The van der Waals surface area contributed by atoms with Gasteiger partial charge >= 0.3 is 0 Å². The molecule has 0 bridgehead atoms. The number of hydrogen-bond donors (Lipinski definition) is 1. The molecule has 0 fully saturated rings.